The number of sulfonamides is 1. The summed E-state index contributed by atoms with van der Waals surface area (Å²) in [6, 6.07) is 20.2. The van der Waals surface area contributed by atoms with Crippen LogP contribution in [0, 0.1) is 0 Å². The van der Waals surface area contributed by atoms with Crippen LogP contribution in [0.5, 0.6) is 5.75 Å². The molecule has 10 heteroatoms. The molecule has 1 heterocycles. The SMILES string of the molecule is COc1ccccc1C(=O)OCCNC1(C(=O)c2ccccc2)C(=O)c2ccccc2S(=O)(=O)N1C. The standard InChI is InChI=1S/C26H24N2O7S/c1-28-26(23(29)18-10-4-3-5-11-18,24(30)20-13-7-9-15-22(20)36(28,32)33)27-16-17-35-25(31)19-12-6-8-14-21(19)34-2/h3-15,27H,16-17H2,1-2H3. The van der Waals surface area contributed by atoms with Gasteiger partial charge in [-0.05, 0) is 24.3 Å². The molecule has 1 N–H and O–H groups in total. The zero-order chi connectivity index (χ0) is 25.9. The number of nitrogens with one attached hydrogen (secondary N) is 1. The monoisotopic (exact) mass is 508 g/mol. The van der Waals surface area contributed by atoms with Gasteiger partial charge in [0.25, 0.3) is 0 Å². The van der Waals surface area contributed by atoms with Gasteiger partial charge in [-0.15, -0.1) is 0 Å². The Balaban J connectivity index is 1.66. The number of carbonyl (C=O) groups excluding carboxylic acids is 3. The second kappa shape index (κ2) is 10.0. The Labute approximate surface area is 208 Å². The van der Waals surface area contributed by atoms with Crippen molar-refractivity contribution < 1.29 is 32.3 Å². The molecule has 0 radical (unpaired) electrons. The number of esters is 1. The second-order valence-corrected chi connectivity index (χ2v) is 9.90. The van der Waals surface area contributed by atoms with E-state index in [1.807, 2.05) is 0 Å². The Morgan fingerprint density at radius 1 is 0.944 bits per heavy atom. The minimum Gasteiger partial charge on any atom is -0.496 e. The topological polar surface area (TPSA) is 119 Å². The molecule has 9 nitrogen and oxygen atoms in total. The van der Waals surface area contributed by atoms with Crippen molar-refractivity contribution in [2.24, 2.45) is 0 Å². The molecular weight excluding hydrogens is 484 g/mol. The third-order valence-corrected chi connectivity index (χ3v) is 7.89. The number of likely N-dealkylation sites (N-methyl/N-ethyl adjacent to an activating group) is 1. The number of ketones is 2. The fourth-order valence-corrected chi connectivity index (χ4v) is 5.70. The summed E-state index contributed by atoms with van der Waals surface area (Å²) < 4.78 is 38.0. The number of Topliss-reactive ketones (excluding diaryl/α,β-unsaturated/α-hetero) is 2. The summed E-state index contributed by atoms with van der Waals surface area (Å²) in [5.41, 5.74) is -2.02. The smallest absolute Gasteiger partial charge is 0.341 e. The molecule has 1 aliphatic rings. The van der Waals surface area contributed by atoms with Gasteiger partial charge in [-0.1, -0.05) is 54.6 Å². The number of para-hydroxylation sites is 1. The first-order chi connectivity index (χ1) is 17.2. The van der Waals surface area contributed by atoms with Gasteiger partial charge in [0, 0.05) is 24.7 Å². The van der Waals surface area contributed by atoms with Gasteiger partial charge in [0.2, 0.25) is 27.3 Å². The van der Waals surface area contributed by atoms with Crippen LogP contribution in [0.2, 0.25) is 0 Å². The quantitative estimate of drug-likeness (QED) is 0.213. The normalized spacial score (nSPS) is 18.8. The van der Waals surface area contributed by atoms with Crippen molar-refractivity contribution in [3.05, 3.63) is 95.6 Å². The lowest BCUT2D eigenvalue weighted by Crippen LogP contribution is -2.71. The molecule has 0 bridgehead atoms. The van der Waals surface area contributed by atoms with E-state index < -0.39 is 33.2 Å². The first-order valence-corrected chi connectivity index (χ1v) is 12.5. The minimum atomic E-state index is -4.21. The molecule has 3 aromatic carbocycles. The van der Waals surface area contributed by atoms with Gasteiger partial charge in [-0.3, -0.25) is 14.9 Å². The molecule has 1 atom stereocenters. The van der Waals surface area contributed by atoms with Gasteiger partial charge in [0.1, 0.15) is 17.9 Å². The molecule has 1 unspecified atom stereocenters. The Bertz CT molecular complexity index is 1420. The van der Waals surface area contributed by atoms with Crippen molar-refractivity contribution in [2.45, 2.75) is 10.6 Å². The van der Waals surface area contributed by atoms with E-state index in [0.717, 1.165) is 4.31 Å². The lowest BCUT2D eigenvalue weighted by molar-refractivity contribution is 0.0452. The Morgan fingerprint density at radius 3 is 2.31 bits per heavy atom. The van der Waals surface area contributed by atoms with Crippen LogP contribution < -0.4 is 10.1 Å². The van der Waals surface area contributed by atoms with Crippen molar-refractivity contribution in [1.29, 1.82) is 0 Å². The molecule has 0 spiro atoms. The Hall–Kier alpha value is -3.86. The van der Waals surface area contributed by atoms with Crippen LogP contribution in [-0.4, -0.2) is 63.2 Å². The van der Waals surface area contributed by atoms with E-state index in [2.05, 4.69) is 5.32 Å². The average molecular weight is 509 g/mol. The van der Waals surface area contributed by atoms with Crippen molar-refractivity contribution in [1.82, 2.24) is 9.62 Å². The van der Waals surface area contributed by atoms with Crippen LogP contribution in [-0.2, 0) is 14.8 Å². The van der Waals surface area contributed by atoms with Crippen LogP contribution in [0.3, 0.4) is 0 Å². The maximum atomic E-state index is 13.8. The Kier molecular flexibility index (Phi) is 7.02. The molecule has 36 heavy (non-hydrogen) atoms. The van der Waals surface area contributed by atoms with Gasteiger partial charge in [-0.25, -0.2) is 13.2 Å². The van der Waals surface area contributed by atoms with Gasteiger partial charge < -0.3 is 9.47 Å². The largest absolute Gasteiger partial charge is 0.496 e. The molecule has 4 rings (SSSR count). The van der Waals surface area contributed by atoms with Crippen LogP contribution >= 0.6 is 0 Å². The molecule has 0 aromatic heterocycles. The lowest BCUT2D eigenvalue weighted by Gasteiger charge is -2.42. The van der Waals surface area contributed by atoms with E-state index >= 15 is 0 Å². The molecule has 186 valence electrons. The molecule has 0 amide bonds. The van der Waals surface area contributed by atoms with E-state index in [-0.39, 0.29) is 34.7 Å². The fourth-order valence-electron chi connectivity index (χ4n) is 4.13. The third kappa shape index (κ3) is 4.19. The fraction of sp³-hybridized carbons (Fsp3) is 0.192. The van der Waals surface area contributed by atoms with Crippen LogP contribution in [0.25, 0.3) is 0 Å². The zero-order valence-electron chi connectivity index (χ0n) is 19.6. The van der Waals surface area contributed by atoms with E-state index in [4.69, 9.17) is 9.47 Å². The number of rotatable bonds is 8. The molecule has 0 fully saturated rings. The minimum absolute atomic E-state index is 0.0987. The zero-order valence-corrected chi connectivity index (χ0v) is 20.4. The van der Waals surface area contributed by atoms with Gasteiger partial charge in [0.15, 0.2) is 0 Å². The predicted octanol–water partition coefficient (Wildman–Crippen LogP) is 2.54. The van der Waals surface area contributed by atoms with Crippen molar-refractivity contribution in [2.75, 3.05) is 27.3 Å². The number of hydrogen-bond acceptors (Lipinski definition) is 8. The van der Waals surface area contributed by atoms with Crippen LogP contribution in [0.4, 0.5) is 0 Å². The van der Waals surface area contributed by atoms with Crippen LogP contribution in [0.15, 0.2) is 83.8 Å². The number of carbonyl (C=O) groups is 3. The van der Waals surface area contributed by atoms with Gasteiger partial charge in [0.05, 0.1) is 12.0 Å². The highest BCUT2D eigenvalue weighted by Crippen LogP contribution is 2.36. The number of ether oxygens (including phenoxy) is 2. The number of hydrogen-bond donors (Lipinski definition) is 1. The predicted molar refractivity (Wildman–Crippen MR) is 131 cm³/mol. The number of benzene rings is 3. The summed E-state index contributed by atoms with van der Waals surface area (Å²) in [4.78, 5) is 39.9. The highest BCUT2D eigenvalue weighted by Gasteiger charge is 2.58. The van der Waals surface area contributed by atoms with Crippen molar-refractivity contribution >= 4 is 27.6 Å². The highest BCUT2D eigenvalue weighted by molar-refractivity contribution is 7.89. The first-order valence-electron chi connectivity index (χ1n) is 11.0. The second-order valence-electron chi connectivity index (χ2n) is 7.97. The summed E-state index contributed by atoms with van der Waals surface area (Å²) >= 11 is 0. The molecule has 1 aliphatic heterocycles. The molecular formula is C26H24N2O7S. The third-order valence-electron chi connectivity index (χ3n) is 5.98. The van der Waals surface area contributed by atoms with E-state index in [0.29, 0.717) is 5.75 Å². The molecule has 3 aromatic rings. The molecule has 0 saturated heterocycles. The van der Waals surface area contributed by atoms with Crippen molar-refractivity contribution in [3.63, 3.8) is 0 Å². The summed E-state index contributed by atoms with van der Waals surface area (Å²) in [7, 11) is -1.61. The number of fused-ring (bicyclic) bond motifs is 1. The summed E-state index contributed by atoms with van der Waals surface area (Å²) in [5, 5.41) is 2.80. The maximum absolute atomic E-state index is 13.8. The number of methoxy groups -OCH3 is 1. The van der Waals surface area contributed by atoms with Crippen LogP contribution in [0.1, 0.15) is 31.1 Å². The van der Waals surface area contributed by atoms with Gasteiger partial charge >= 0.3 is 5.97 Å². The summed E-state index contributed by atoms with van der Waals surface area (Å²) in [6.45, 7) is -0.434. The highest BCUT2D eigenvalue weighted by atomic mass is 32.2. The maximum Gasteiger partial charge on any atom is 0.341 e. The van der Waals surface area contributed by atoms with Crippen molar-refractivity contribution in [3.8, 4) is 5.75 Å². The van der Waals surface area contributed by atoms with E-state index in [9.17, 15) is 22.8 Å². The summed E-state index contributed by atoms with van der Waals surface area (Å²) in [6.07, 6.45) is 0. The summed E-state index contributed by atoms with van der Waals surface area (Å²) in [5.74, 6) is -1.81. The first kappa shape index (κ1) is 25.2. The lowest BCUT2D eigenvalue weighted by atomic mass is 9.89. The van der Waals surface area contributed by atoms with E-state index in [1.54, 1.807) is 36.4 Å². The number of nitrogens with zero attached hydrogens (tertiary/aromatic N) is 1. The van der Waals surface area contributed by atoms with E-state index in [1.165, 1.54) is 56.6 Å². The average Bonchev–Trinajstić information content (AvgIpc) is 2.92. The molecule has 0 aliphatic carbocycles. The molecule has 0 saturated carbocycles. The van der Waals surface area contributed by atoms with Gasteiger partial charge in [-0.2, -0.15) is 4.31 Å². The Morgan fingerprint density at radius 2 is 1.58 bits per heavy atom.